The van der Waals surface area contributed by atoms with E-state index in [2.05, 4.69) is 10.6 Å². The summed E-state index contributed by atoms with van der Waals surface area (Å²) in [6.45, 7) is 1.88. The average molecular weight is 197 g/mol. The van der Waals surface area contributed by atoms with Crippen molar-refractivity contribution in [1.82, 2.24) is 15.5 Å². The molecule has 2 aliphatic heterocycles. The first-order chi connectivity index (χ1) is 6.70. The molecule has 3 amide bonds. The molecule has 0 aromatic rings. The Morgan fingerprint density at radius 3 is 2.43 bits per heavy atom. The van der Waals surface area contributed by atoms with Gasteiger partial charge in [-0.05, 0) is 31.8 Å². The van der Waals surface area contributed by atoms with E-state index >= 15 is 0 Å². The number of hydrogen-bond donors (Lipinski definition) is 2. The van der Waals surface area contributed by atoms with Gasteiger partial charge in [0.2, 0.25) is 0 Å². The molecule has 0 aliphatic carbocycles. The Morgan fingerprint density at radius 1 is 1.29 bits per heavy atom. The van der Waals surface area contributed by atoms with Gasteiger partial charge in [-0.1, -0.05) is 0 Å². The fraction of sp³-hybridized carbons (Fsp3) is 0.778. The van der Waals surface area contributed by atoms with E-state index < -0.39 is 0 Å². The van der Waals surface area contributed by atoms with Gasteiger partial charge in [-0.2, -0.15) is 0 Å². The Morgan fingerprint density at radius 2 is 1.93 bits per heavy atom. The maximum Gasteiger partial charge on any atom is 0.324 e. The fourth-order valence-corrected chi connectivity index (χ4v) is 2.10. The van der Waals surface area contributed by atoms with E-state index in [1.165, 1.54) is 11.9 Å². The van der Waals surface area contributed by atoms with Crippen LogP contribution in [-0.4, -0.2) is 43.0 Å². The number of rotatable bonds is 1. The second-order valence-corrected chi connectivity index (χ2v) is 3.91. The Labute approximate surface area is 82.8 Å². The summed E-state index contributed by atoms with van der Waals surface area (Å²) in [4.78, 5) is 24.0. The first-order valence-corrected chi connectivity index (χ1v) is 4.99. The highest BCUT2D eigenvalue weighted by molar-refractivity contribution is 6.04. The molecule has 2 fully saturated rings. The normalized spacial score (nSPS) is 29.5. The maximum atomic E-state index is 11.6. The van der Waals surface area contributed by atoms with Crippen LogP contribution in [0.4, 0.5) is 4.79 Å². The minimum Gasteiger partial charge on any atom is -0.326 e. The van der Waals surface area contributed by atoms with E-state index in [-0.39, 0.29) is 18.0 Å². The highest BCUT2D eigenvalue weighted by Gasteiger charge is 2.40. The van der Waals surface area contributed by atoms with E-state index in [1.807, 2.05) is 0 Å². The van der Waals surface area contributed by atoms with Gasteiger partial charge < -0.3 is 10.6 Å². The third kappa shape index (κ3) is 1.48. The van der Waals surface area contributed by atoms with E-state index in [0.717, 1.165) is 25.9 Å². The molecule has 0 bridgehead atoms. The van der Waals surface area contributed by atoms with Crippen LogP contribution in [0.15, 0.2) is 0 Å². The van der Waals surface area contributed by atoms with Crippen molar-refractivity contribution in [3.63, 3.8) is 0 Å². The summed E-state index contributed by atoms with van der Waals surface area (Å²) < 4.78 is 0. The predicted molar refractivity (Wildman–Crippen MR) is 50.7 cm³/mol. The number of imide groups is 1. The number of carbonyl (C=O) groups is 2. The van der Waals surface area contributed by atoms with E-state index in [1.54, 1.807) is 0 Å². The molecule has 0 aromatic heterocycles. The van der Waals surface area contributed by atoms with Gasteiger partial charge in [0.25, 0.3) is 5.91 Å². The van der Waals surface area contributed by atoms with Gasteiger partial charge in [0.15, 0.2) is 0 Å². The lowest BCUT2D eigenvalue weighted by atomic mass is 9.90. The summed E-state index contributed by atoms with van der Waals surface area (Å²) in [7, 11) is 1.53. The number of likely N-dealkylation sites (N-methyl/N-ethyl adjacent to an activating group) is 1. The number of amides is 3. The van der Waals surface area contributed by atoms with Crippen molar-refractivity contribution >= 4 is 11.9 Å². The topological polar surface area (TPSA) is 61.4 Å². The van der Waals surface area contributed by atoms with Crippen LogP contribution in [0.1, 0.15) is 12.8 Å². The van der Waals surface area contributed by atoms with Gasteiger partial charge in [-0.15, -0.1) is 0 Å². The average Bonchev–Trinajstić information content (AvgIpc) is 2.47. The highest BCUT2D eigenvalue weighted by Crippen LogP contribution is 2.20. The quantitative estimate of drug-likeness (QED) is 0.559. The Hall–Kier alpha value is -1.10. The lowest BCUT2D eigenvalue weighted by Crippen LogP contribution is -2.42. The Bertz CT molecular complexity index is 261. The van der Waals surface area contributed by atoms with E-state index in [0.29, 0.717) is 5.92 Å². The van der Waals surface area contributed by atoms with E-state index in [4.69, 9.17) is 0 Å². The summed E-state index contributed by atoms with van der Waals surface area (Å²) >= 11 is 0. The number of urea groups is 1. The molecule has 0 aromatic carbocycles. The predicted octanol–water partition coefficient (Wildman–Crippen LogP) is -0.464. The van der Waals surface area contributed by atoms with Gasteiger partial charge >= 0.3 is 6.03 Å². The van der Waals surface area contributed by atoms with Crippen LogP contribution in [0.3, 0.4) is 0 Å². The molecule has 2 N–H and O–H groups in total. The molecule has 2 rings (SSSR count). The molecule has 5 heteroatoms. The summed E-state index contributed by atoms with van der Waals surface area (Å²) in [6, 6.07) is -0.548. The number of carbonyl (C=O) groups excluding carboxylic acids is 2. The van der Waals surface area contributed by atoms with Crippen LogP contribution < -0.4 is 10.6 Å². The minimum absolute atomic E-state index is 0.0816. The molecular formula is C9H15N3O2. The molecule has 0 spiro atoms. The van der Waals surface area contributed by atoms with Gasteiger partial charge in [-0.3, -0.25) is 9.69 Å². The second kappa shape index (κ2) is 3.57. The molecule has 2 saturated heterocycles. The lowest BCUT2D eigenvalue weighted by molar-refractivity contribution is -0.127. The standard InChI is InChI=1S/C9H15N3O2/c1-12-8(13)7(11-9(12)14)6-2-4-10-5-3-6/h6-7,10H,2-5H2,1H3,(H,11,14)/t7-/m1/s1. The summed E-state index contributed by atoms with van der Waals surface area (Å²) in [5.74, 6) is 0.222. The first-order valence-electron chi connectivity index (χ1n) is 4.99. The van der Waals surface area contributed by atoms with Crippen molar-refractivity contribution < 1.29 is 9.59 Å². The third-order valence-corrected chi connectivity index (χ3v) is 3.04. The molecule has 14 heavy (non-hydrogen) atoms. The van der Waals surface area contributed by atoms with Crippen LogP contribution in [0.25, 0.3) is 0 Å². The van der Waals surface area contributed by atoms with Crippen molar-refractivity contribution in [2.75, 3.05) is 20.1 Å². The highest BCUT2D eigenvalue weighted by atomic mass is 16.2. The number of nitrogens with zero attached hydrogens (tertiary/aromatic N) is 1. The van der Waals surface area contributed by atoms with Crippen LogP contribution in [0.5, 0.6) is 0 Å². The van der Waals surface area contributed by atoms with Crippen molar-refractivity contribution in [3.05, 3.63) is 0 Å². The molecule has 0 unspecified atom stereocenters. The summed E-state index contributed by atoms with van der Waals surface area (Å²) in [6.07, 6.45) is 1.93. The third-order valence-electron chi connectivity index (χ3n) is 3.04. The number of piperidine rings is 1. The lowest BCUT2D eigenvalue weighted by Gasteiger charge is -2.26. The van der Waals surface area contributed by atoms with Crippen molar-refractivity contribution in [2.24, 2.45) is 5.92 Å². The molecule has 1 atom stereocenters. The van der Waals surface area contributed by atoms with Crippen molar-refractivity contribution in [3.8, 4) is 0 Å². The molecule has 0 saturated carbocycles. The van der Waals surface area contributed by atoms with Gasteiger partial charge in [-0.25, -0.2) is 4.79 Å². The molecule has 78 valence electrons. The zero-order chi connectivity index (χ0) is 10.1. The smallest absolute Gasteiger partial charge is 0.324 e. The van der Waals surface area contributed by atoms with Crippen LogP contribution >= 0.6 is 0 Å². The fourth-order valence-electron chi connectivity index (χ4n) is 2.10. The summed E-state index contributed by atoms with van der Waals surface area (Å²) in [5.41, 5.74) is 0. The van der Waals surface area contributed by atoms with Crippen LogP contribution in [0.2, 0.25) is 0 Å². The number of hydrogen-bond acceptors (Lipinski definition) is 3. The maximum absolute atomic E-state index is 11.6. The largest absolute Gasteiger partial charge is 0.326 e. The van der Waals surface area contributed by atoms with Crippen molar-refractivity contribution in [1.29, 1.82) is 0 Å². The zero-order valence-corrected chi connectivity index (χ0v) is 8.25. The second-order valence-electron chi connectivity index (χ2n) is 3.91. The van der Waals surface area contributed by atoms with Crippen LogP contribution in [-0.2, 0) is 4.79 Å². The molecule has 5 nitrogen and oxygen atoms in total. The summed E-state index contributed by atoms with van der Waals surface area (Å²) in [5, 5.41) is 5.97. The number of nitrogens with one attached hydrogen (secondary N) is 2. The van der Waals surface area contributed by atoms with Gasteiger partial charge in [0.1, 0.15) is 6.04 Å². The Balaban J connectivity index is 2.04. The van der Waals surface area contributed by atoms with Crippen LogP contribution in [0, 0.1) is 5.92 Å². The van der Waals surface area contributed by atoms with Gasteiger partial charge in [0, 0.05) is 7.05 Å². The SMILES string of the molecule is CN1C(=O)N[C@H](C2CCNCC2)C1=O. The van der Waals surface area contributed by atoms with Crippen molar-refractivity contribution in [2.45, 2.75) is 18.9 Å². The molecular weight excluding hydrogens is 182 g/mol. The zero-order valence-electron chi connectivity index (χ0n) is 8.25. The van der Waals surface area contributed by atoms with Gasteiger partial charge in [0.05, 0.1) is 0 Å². The minimum atomic E-state index is -0.283. The monoisotopic (exact) mass is 197 g/mol. The Kier molecular flexibility index (Phi) is 2.41. The first kappa shape index (κ1) is 9.45. The van der Waals surface area contributed by atoms with E-state index in [9.17, 15) is 9.59 Å². The molecule has 2 aliphatic rings. The molecule has 0 radical (unpaired) electrons. The molecule has 2 heterocycles.